The lowest BCUT2D eigenvalue weighted by atomic mass is 10.1. The van der Waals surface area contributed by atoms with E-state index in [2.05, 4.69) is 12.2 Å². The van der Waals surface area contributed by atoms with Crippen molar-refractivity contribution in [2.24, 2.45) is 0 Å². The first-order valence-electron chi connectivity index (χ1n) is 4.74. The highest BCUT2D eigenvalue weighted by Gasteiger charge is 2.11. The Balaban J connectivity index is 1.96. The summed E-state index contributed by atoms with van der Waals surface area (Å²) in [6.07, 6.45) is 5.09. The molecule has 1 aliphatic heterocycles. The first-order chi connectivity index (χ1) is 5.43. The summed E-state index contributed by atoms with van der Waals surface area (Å²) in [6.45, 7) is 5.26. The lowest BCUT2D eigenvalue weighted by molar-refractivity contribution is 0.0705. The molecule has 1 atom stereocenters. The quantitative estimate of drug-likeness (QED) is 0.625. The third kappa shape index (κ3) is 3.73. The molecule has 1 unspecified atom stereocenters. The van der Waals surface area contributed by atoms with Crippen LogP contribution in [0, 0.1) is 0 Å². The van der Waals surface area contributed by atoms with Gasteiger partial charge in [-0.15, -0.1) is 0 Å². The molecule has 0 spiro atoms. The van der Waals surface area contributed by atoms with Crippen molar-refractivity contribution in [1.29, 1.82) is 0 Å². The molecule has 1 rings (SSSR count). The van der Waals surface area contributed by atoms with Crippen LogP contribution in [0.15, 0.2) is 0 Å². The Bertz CT molecular complexity index is 89.6. The van der Waals surface area contributed by atoms with E-state index in [0.717, 1.165) is 19.8 Å². The van der Waals surface area contributed by atoms with Crippen molar-refractivity contribution < 1.29 is 4.74 Å². The molecule has 1 saturated heterocycles. The fourth-order valence-corrected chi connectivity index (χ4v) is 1.38. The predicted octanol–water partition coefficient (Wildman–Crippen LogP) is 1.56. The van der Waals surface area contributed by atoms with Crippen molar-refractivity contribution in [2.45, 2.75) is 38.6 Å². The molecule has 2 nitrogen and oxygen atoms in total. The third-order valence-electron chi connectivity index (χ3n) is 2.12. The van der Waals surface area contributed by atoms with Crippen LogP contribution in [0.3, 0.4) is 0 Å². The lowest BCUT2D eigenvalue weighted by Gasteiger charge is -2.22. The Morgan fingerprint density at radius 3 is 3.09 bits per heavy atom. The number of unbranched alkanes of at least 4 members (excludes halogenated alkanes) is 1. The Labute approximate surface area is 69.3 Å². The molecule has 1 fully saturated rings. The molecule has 0 radical (unpaired) electrons. The Hall–Kier alpha value is -0.0800. The zero-order valence-corrected chi connectivity index (χ0v) is 7.44. The van der Waals surface area contributed by atoms with Gasteiger partial charge in [0, 0.05) is 12.6 Å². The SMILES string of the molecule is CCCCNC1CCCOC1. The highest BCUT2D eigenvalue weighted by molar-refractivity contribution is 4.69. The monoisotopic (exact) mass is 157 g/mol. The van der Waals surface area contributed by atoms with Crippen LogP contribution < -0.4 is 5.32 Å². The van der Waals surface area contributed by atoms with Gasteiger partial charge in [0.2, 0.25) is 0 Å². The van der Waals surface area contributed by atoms with Gasteiger partial charge < -0.3 is 10.1 Å². The summed E-state index contributed by atoms with van der Waals surface area (Å²) in [7, 11) is 0. The van der Waals surface area contributed by atoms with Gasteiger partial charge in [-0.2, -0.15) is 0 Å². The third-order valence-corrected chi connectivity index (χ3v) is 2.12. The van der Waals surface area contributed by atoms with E-state index in [4.69, 9.17) is 4.74 Å². The molecule has 1 N–H and O–H groups in total. The van der Waals surface area contributed by atoms with Crippen LogP contribution in [0.1, 0.15) is 32.6 Å². The van der Waals surface area contributed by atoms with Gasteiger partial charge in [0.25, 0.3) is 0 Å². The maximum absolute atomic E-state index is 5.35. The van der Waals surface area contributed by atoms with Gasteiger partial charge in [-0.3, -0.25) is 0 Å². The summed E-state index contributed by atoms with van der Waals surface area (Å²) in [6, 6.07) is 0.635. The van der Waals surface area contributed by atoms with Gasteiger partial charge >= 0.3 is 0 Å². The van der Waals surface area contributed by atoms with E-state index in [1.54, 1.807) is 0 Å². The van der Waals surface area contributed by atoms with Crippen LogP contribution in [0.25, 0.3) is 0 Å². The van der Waals surface area contributed by atoms with E-state index in [1.165, 1.54) is 25.7 Å². The van der Waals surface area contributed by atoms with Crippen LogP contribution in [0.4, 0.5) is 0 Å². The largest absolute Gasteiger partial charge is 0.380 e. The van der Waals surface area contributed by atoms with E-state index in [-0.39, 0.29) is 0 Å². The average Bonchev–Trinajstić information content (AvgIpc) is 2.07. The molecule has 1 heterocycles. The maximum Gasteiger partial charge on any atom is 0.0619 e. The molecule has 66 valence electrons. The number of ether oxygens (including phenoxy) is 1. The van der Waals surface area contributed by atoms with Gasteiger partial charge in [-0.1, -0.05) is 13.3 Å². The van der Waals surface area contributed by atoms with Crippen LogP contribution in [0.2, 0.25) is 0 Å². The number of nitrogens with one attached hydrogen (secondary N) is 1. The Morgan fingerprint density at radius 1 is 1.55 bits per heavy atom. The van der Waals surface area contributed by atoms with Crippen molar-refractivity contribution in [3.05, 3.63) is 0 Å². The summed E-state index contributed by atoms with van der Waals surface area (Å²) in [5.74, 6) is 0. The first kappa shape index (κ1) is 9.01. The van der Waals surface area contributed by atoms with Gasteiger partial charge in [0.1, 0.15) is 0 Å². The molecular weight excluding hydrogens is 138 g/mol. The van der Waals surface area contributed by atoms with Gasteiger partial charge in [0.05, 0.1) is 6.61 Å². The summed E-state index contributed by atoms with van der Waals surface area (Å²) >= 11 is 0. The standard InChI is InChI=1S/C9H19NO/c1-2-3-6-10-9-5-4-7-11-8-9/h9-10H,2-8H2,1H3. The molecule has 0 saturated carbocycles. The molecule has 0 aromatic heterocycles. The van der Waals surface area contributed by atoms with Crippen molar-refractivity contribution in [3.8, 4) is 0 Å². The number of rotatable bonds is 4. The van der Waals surface area contributed by atoms with E-state index in [1.807, 2.05) is 0 Å². The van der Waals surface area contributed by atoms with Gasteiger partial charge in [-0.05, 0) is 25.8 Å². The minimum atomic E-state index is 0.635. The first-order valence-corrected chi connectivity index (χ1v) is 4.74. The molecule has 0 aliphatic carbocycles. The molecule has 0 aromatic rings. The van der Waals surface area contributed by atoms with Gasteiger partial charge in [-0.25, -0.2) is 0 Å². The van der Waals surface area contributed by atoms with Crippen LogP contribution in [-0.4, -0.2) is 25.8 Å². The van der Waals surface area contributed by atoms with Crippen LogP contribution in [0.5, 0.6) is 0 Å². The number of hydrogen-bond acceptors (Lipinski definition) is 2. The van der Waals surface area contributed by atoms with Crippen molar-refractivity contribution in [3.63, 3.8) is 0 Å². The second-order valence-electron chi connectivity index (χ2n) is 3.22. The van der Waals surface area contributed by atoms with Crippen molar-refractivity contribution in [1.82, 2.24) is 5.32 Å². The predicted molar refractivity (Wildman–Crippen MR) is 46.8 cm³/mol. The molecule has 0 aromatic carbocycles. The van der Waals surface area contributed by atoms with E-state index >= 15 is 0 Å². The minimum absolute atomic E-state index is 0.635. The average molecular weight is 157 g/mol. The second kappa shape index (κ2) is 5.56. The lowest BCUT2D eigenvalue weighted by Crippen LogP contribution is -2.37. The topological polar surface area (TPSA) is 21.3 Å². The minimum Gasteiger partial charge on any atom is -0.380 e. The maximum atomic E-state index is 5.35. The zero-order chi connectivity index (χ0) is 7.94. The Kier molecular flexibility index (Phi) is 4.55. The van der Waals surface area contributed by atoms with Crippen LogP contribution in [-0.2, 0) is 4.74 Å². The molecule has 0 bridgehead atoms. The molecule has 2 heteroatoms. The van der Waals surface area contributed by atoms with Crippen LogP contribution >= 0.6 is 0 Å². The van der Waals surface area contributed by atoms with Gasteiger partial charge in [0.15, 0.2) is 0 Å². The van der Waals surface area contributed by atoms with Crippen molar-refractivity contribution in [2.75, 3.05) is 19.8 Å². The molecule has 0 amide bonds. The summed E-state index contributed by atoms with van der Waals surface area (Å²) in [4.78, 5) is 0. The smallest absolute Gasteiger partial charge is 0.0619 e. The normalized spacial score (nSPS) is 25.4. The van der Waals surface area contributed by atoms with E-state index in [9.17, 15) is 0 Å². The molecule has 11 heavy (non-hydrogen) atoms. The Morgan fingerprint density at radius 2 is 2.45 bits per heavy atom. The van der Waals surface area contributed by atoms with Crippen molar-refractivity contribution >= 4 is 0 Å². The summed E-state index contributed by atoms with van der Waals surface area (Å²) in [5.41, 5.74) is 0. The zero-order valence-electron chi connectivity index (χ0n) is 7.44. The second-order valence-corrected chi connectivity index (χ2v) is 3.22. The highest BCUT2D eigenvalue weighted by atomic mass is 16.5. The molecular formula is C9H19NO. The fraction of sp³-hybridized carbons (Fsp3) is 1.00. The van der Waals surface area contributed by atoms with E-state index < -0.39 is 0 Å². The molecule has 1 aliphatic rings. The van der Waals surface area contributed by atoms with E-state index in [0.29, 0.717) is 6.04 Å². The highest BCUT2D eigenvalue weighted by Crippen LogP contribution is 2.05. The summed E-state index contributed by atoms with van der Waals surface area (Å²) in [5, 5.41) is 3.50. The summed E-state index contributed by atoms with van der Waals surface area (Å²) < 4.78 is 5.35. The fourth-order valence-electron chi connectivity index (χ4n) is 1.38. The number of hydrogen-bond donors (Lipinski definition) is 1.